The van der Waals surface area contributed by atoms with Crippen molar-refractivity contribution in [3.8, 4) is 5.75 Å². The van der Waals surface area contributed by atoms with Crippen LogP contribution in [0.25, 0.3) is 0 Å². The zero-order valence-corrected chi connectivity index (χ0v) is 12.5. The Morgan fingerprint density at radius 3 is 2.73 bits per heavy atom. The molecule has 0 unspecified atom stereocenters. The molecule has 1 aromatic carbocycles. The maximum Gasteiger partial charge on any atom is 0.271 e. The molecule has 2 aliphatic rings. The van der Waals surface area contributed by atoms with Crippen molar-refractivity contribution in [2.75, 3.05) is 20.2 Å². The summed E-state index contributed by atoms with van der Waals surface area (Å²) < 4.78 is 7.31. The molecule has 5 nitrogen and oxygen atoms in total. The third-order valence-corrected chi connectivity index (χ3v) is 4.68. The molecule has 114 valence electrons. The number of methoxy groups -OCH3 is 1. The number of carbonyl (C=O) groups is 1. The first-order valence-corrected chi connectivity index (χ1v) is 7.59. The highest BCUT2D eigenvalue weighted by molar-refractivity contribution is 5.94. The van der Waals surface area contributed by atoms with Gasteiger partial charge < -0.3 is 19.5 Å². The Kier molecular flexibility index (Phi) is 3.15. The van der Waals surface area contributed by atoms with E-state index in [1.54, 1.807) is 7.11 Å². The summed E-state index contributed by atoms with van der Waals surface area (Å²) in [5.41, 5.74) is 1.92. The Morgan fingerprint density at radius 2 is 1.95 bits per heavy atom. The molecule has 0 bridgehead atoms. The zero-order chi connectivity index (χ0) is 15.1. The molecule has 1 fully saturated rings. The Hall–Kier alpha value is -2.27. The molecule has 22 heavy (non-hydrogen) atoms. The summed E-state index contributed by atoms with van der Waals surface area (Å²) in [5.74, 6) is 0.953. The smallest absolute Gasteiger partial charge is 0.271 e. The molecule has 0 spiro atoms. The van der Waals surface area contributed by atoms with Crippen LogP contribution in [0.4, 0.5) is 0 Å². The third kappa shape index (κ3) is 2.01. The minimum absolute atomic E-state index is 0.116. The van der Waals surface area contributed by atoms with Crippen LogP contribution in [0.1, 0.15) is 22.1 Å². The molecule has 1 N–H and O–H groups in total. The van der Waals surface area contributed by atoms with Gasteiger partial charge in [0.05, 0.1) is 19.2 Å². The fourth-order valence-corrected chi connectivity index (χ4v) is 3.53. The van der Waals surface area contributed by atoms with Crippen molar-refractivity contribution in [2.45, 2.75) is 18.6 Å². The molecule has 2 aromatic rings. The zero-order valence-electron chi connectivity index (χ0n) is 12.5. The van der Waals surface area contributed by atoms with Crippen LogP contribution in [0.5, 0.6) is 5.75 Å². The van der Waals surface area contributed by atoms with Gasteiger partial charge in [0.15, 0.2) is 0 Å². The number of nitrogens with zero attached hydrogens (tertiary/aromatic N) is 2. The van der Waals surface area contributed by atoms with E-state index >= 15 is 0 Å². The van der Waals surface area contributed by atoms with Crippen LogP contribution in [-0.2, 0) is 6.54 Å². The first kappa shape index (κ1) is 13.4. The summed E-state index contributed by atoms with van der Waals surface area (Å²) >= 11 is 0. The van der Waals surface area contributed by atoms with Crippen molar-refractivity contribution in [1.29, 1.82) is 0 Å². The lowest BCUT2D eigenvalue weighted by Crippen LogP contribution is -2.49. The summed E-state index contributed by atoms with van der Waals surface area (Å²) in [6.07, 6.45) is 2.02. The maximum atomic E-state index is 12.8. The lowest BCUT2D eigenvalue weighted by Gasteiger charge is -2.38. The van der Waals surface area contributed by atoms with Gasteiger partial charge in [0.1, 0.15) is 11.4 Å². The van der Waals surface area contributed by atoms with E-state index in [1.165, 1.54) is 0 Å². The van der Waals surface area contributed by atoms with Crippen molar-refractivity contribution in [3.05, 3.63) is 53.9 Å². The van der Waals surface area contributed by atoms with Crippen molar-refractivity contribution in [2.24, 2.45) is 0 Å². The van der Waals surface area contributed by atoms with E-state index in [0.717, 1.165) is 30.1 Å². The van der Waals surface area contributed by atoms with Crippen molar-refractivity contribution < 1.29 is 9.53 Å². The fraction of sp³-hybridized carbons (Fsp3) is 0.353. The van der Waals surface area contributed by atoms with Crippen molar-refractivity contribution in [1.82, 2.24) is 14.8 Å². The highest BCUT2D eigenvalue weighted by Crippen LogP contribution is 2.31. The predicted molar refractivity (Wildman–Crippen MR) is 83.0 cm³/mol. The molecule has 2 atom stereocenters. The number of aromatic nitrogens is 1. The first-order chi connectivity index (χ1) is 10.8. The Balaban J connectivity index is 1.64. The van der Waals surface area contributed by atoms with Gasteiger partial charge in [0.2, 0.25) is 0 Å². The number of hydrogen-bond donors (Lipinski definition) is 1. The molecule has 1 aromatic heterocycles. The Labute approximate surface area is 129 Å². The molecular weight excluding hydrogens is 278 g/mol. The lowest BCUT2D eigenvalue weighted by molar-refractivity contribution is 0.0561. The van der Waals surface area contributed by atoms with Crippen LogP contribution >= 0.6 is 0 Å². The van der Waals surface area contributed by atoms with Crippen LogP contribution in [0.15, 0.2) is 42.6 Å². The number of ether oxygens (including phenoxy) is 1. The highest BCUT2D eigenvalue weighted by Gasteiger charge is 2.41. The summed E-state index contributed by atoms with van der Waals surface area (Å²) in [6.45, 7) is 2.40. The predicted octanol–water partition coefficient (Wildman–Crippen LogP) is 1.67. The molecule has 3 heterocycles. The van der Waals surface area contributed by atoms with Crippen LogP contribution in [0, 0.1) is 0 Å². The third-order valence-electron chi connectivity index (χ3n) is 4.68. The minimum atomic E-state index is 0.116. The average molecular weight is 297 g/mol. The number of amides is 1. The van der Waals surface area contributed by atoms with E-state index in [2.05, 4.69) is 9.88 Å². The molecule has 0 aliphatic carbocycles. The monoisotopic (exact) mass is 297 g/mol. The van der Waals surface area contributed by atoms with Gasteiger partial charge in [-0.1, -0.05) is 12.1 Å². The van der Waals surface area contributed by atoms with Gasteiger partial charge in [-0.2, -0.15) is 0 Å². The topological polar surface area (TPSA) is 46.5 Å². The molecule has 4 rings (SSSR count). The standard InChI is InChI=1S/C17H19N3O2/c1-22-13-6-4-12(5-7-13)11-20-16-10-18-9-15(16)19-8-2-3-14(19)17(20)21/h2-8,15-16,18H,9-11H2,1H3/t15-,16+/m0/s1. The van der Waals surface area contributed by atoms with E-state index in [-0.39, 0.29) is 11.9 Å². The van der Waals surface area contributed by atoms with Gasteiger partial charge in [0.25, 0.3) is 5.91 Å². The van der Waals surface area contributed by atoms with Gasteiger partial charge >= 0.3 is 0 Å². The number of benzene rings is 1. The minimum Gasteiger partial charge on any atom is -0.497 e. The van der Waals surface area contributed by atoms with E-state index in [9.17, 15) is 4.79 Å². The quantitative estimate of drug-likeness (QED) is 0.937. The molecule has 1 amide bonds. The summed E-state index contributed by atoms with van der Waals surface area (Å²) in [5, 5.41) is 3.41. The summed E-state index contributed by atoms with van der Waals surface area (Å²) in [7, 11) is 1.66. The second-order valence-electron chi connectivity index (χ2n) is 5.87. The first-order valence-electron chi connectivity index (χ1n) is 7.59. The molecule has 1 saturated heterocycles. The Bertz CT molecular complexity index is 692. The number of hydrogen-bond acceptors (Lipinski definition) is 3. The van der Waals surface area contributed by atoms with E-state index < -0.39 is 0 Å². The molecule has 2 aliphatic heterocycles. The number of nitrogens with one attached hydrogen (secondary N) is 1. The van der Waals surface area contributed by atoms with Gasteiger partial charge in [0, 0.05) is 25.8 Å². The molecule has 5 heteroatoms. The van der Waals surface area contributed by atoms with Crippen LogP contribution in [0.2, 0.25) is 0 Å². The summed E-state index contributed by atoms with van der Waals surface area (Å²) in [6, 6.07) is 12.4. The number of carbonyl (C=O) groups excluding carboxylic acids is 1. The van der Waals surface area contributed by atoms with Crippen molar-refractivity contribution in [3.63, 3.8) is 0 Å². The summed E-state index contributed by atoms with van der Waals surface area (Å²) in [4.78, 5) is 14.8. The van der Waals surface area contributed by atoms with E-state index in [0.29, 0.717) is 12.6 Å². The van der Waals surface area contributed by atoms with Crippen LogP contribution in [-0.4, -0.2) is 41.6 Å². The number of rotatable bonds is 3. The maximum absolute atomic E-state index is 12.8. The largest absolute Gasteiger partial charge is 0.497 e. The Morgan fingerprint density at radius 1 is 1.18 bits per heavy atom. The normalized spacial score (nSPS) is 23.3. The number of fused-ring (bicyclic) bond motifs is 3. The van der Waals surface area contributed by atoms with Gasteiger partial charge in [-0.05, 0) is 29.8 Å². The van der Waals surface area contributed by atoms with Gasteiger partial charge in [-0.3, -0.25) is 4.79 Å². The van der Waals surface area contributed by atoms with Crippen LogP contribution < -0.4 is 10.1 Å². The second kappa shape index (κ2) is 5.18. The average Bonchev–Trinajstić information content (AvgIpc) is 3.20. The SMILES string of the molecule is COc1ccc(CN2C(=O)c3cccn3[C@H]3CNC[C@H]32)cc1. The molecular formula is C17H19N3O2. The van der Waals surface area contributed by atoms with Crippen LogP contribution in [0.3, 0.4) is 0 Å². The fourth-order valence-electron chi connectivity index (χ4n) is 3.53. The lowest BCUT2D eigenvalue weighted by atomic mass is 10.0. The molecule has 0 radical (unpaired) electrons. The highest BCUT2D eigenvalue weighted by atomic mass is 16.5. The second-order valence-corrected chi connectivity index (χ2v) is 5.87. The van der Waals surface area contributed by atoms with Gasteiger partial charge in [-0.15, -0.1) is 0 Å². The van der Waals surface area contributed by atoms with Gasteiger partial charge in [-0.25, -0.2) is 0 Å². The van der Waals surface area contributed by atoms with E-state index in [4.69, 9.17) is 4.74 Å². The van der Waals surface area contributed by atoms with E-state index in [1.807, 2.05) is 47.5 Å². The van der Waals surface area contributed by atoms with Crippen molar-refractivity contribution >= 4 is 5.91 Å². The molecule has 0 saturated carbocycles.